The quantitative estimate of drug-likeness (QED) is 0.474. The molecule has 0 radical (unpaired) electrons. The van der Waals surface area contributed by atoms with E-state index in [9.17, 15) is 19.5 Å². The molecule has 10 heteroatoms. The summed E-state index contributed by atoms with van der Waals surface area (Å²) in [6.45, 7) is 3.24. The lowest BCUT2D eigenvalue weighted by Crippen LogP contribution is -2.44. The van der Waals surface area contributed by atoms with Gasteiger partial charge in [0.1, 0.15) is 5.56 Å². The molecule has 2 aromatic heterocycles. The topological polar surface area (TPSA) is 110 Å². The molecule has 2 aliphatic carbocycles. The van der Waals surface area contributed by atoms with E-state index in [-0.39, 0.29) is 23.6 Å². The molecule has 200 valence electrons. The van der Waals surface area contributed by atoms with E-state index in [2.05, 4.69) is 16.3 Å². The van der Waals surface area contributed by atoms with E-state index in [0.29, 0.717) is 36.4 Å². The van der Waals surface area contributed by atoms with Crippen molar-refractivity contribution in [1.29, 1.82) is 0 Å². The minimum Gasteiger partial charge on any atom is -0.494 e. The van der Waals surface area contributed by atoms with Crippen molar-refractivity contribution >= 4 is 34.1 Å². The van der Waals surface area contributed by atoms with E-state index in [1.807, 2.05) is 10.6 Å². The number of nitrogens with zero attached hydrogens (tertiary/aromatic N) is 2. The summed E-state index contributed by atoms with van der Waals surface area (Å²) in [7, 11) is 1.59. The number of hydrogen-bond donors (Lipinski definition) is 2. The van der Waals surface area contributed by atoms with Crippen molar-refractivity contribution in [2.24, 2.45) is 0 Å². The molecule has 1 aromatic carbocycles. The Bertz CT molecular complexity index is 1470. The second-order valence-corrected chi connectivity index (χ2v) is 11.4. The predicted molar refractivity (Wildman–Crippen MR) is 144 cm³/mol. The number of carbonyl (C=O) groups is 2. The molecule has 2 fully saturated rings. The van der Waals surface area contributed by atoms with Gasteiger partial charge in [0.2, 0.25) is 11.3 Å². The van der Waals surface area contributed by atoms with E-state index in [1.54, 1.807) is 24.5 Å². The van der Waals surface area contributed by atoms with Crippen LogP contribution in [0.2, 0.25) is 0 Å². The number of methoxy groups -OCH3 is 1. The molecule has 2 N–H and O–H groups in total. The zero-order valence-electron chi connectivity index (χ0n) is 21.3. The van der Waals surface area contributed by atoms with Gasteiger partial charge < -0.3 is 24.5 Å². The van der Waals surface area contributed by atoms with Gasteiger partial charge in [0, 0.05) is 40.6 Å². The van der Waals surface area contributed by atoms with Crippen molar-refractivity contribution in [3.63, 3.8) is 0 Å². The average Bonchev–Trinajstić information content (AvgIpc) is 3.66. The summed E-state index contributed by atoms with van der Waals surface area (Å²) in [4.78, 5) is 42.0. The Labute approximate surface area is 224 Å². The van der Waals surface area contributed by atoms with Gasteiger partial charge in [-0.15, -0.1) is 11.3 Å². The van der Waals surface area contributed by atoms with Crippen LogP contribution in [0.3, 0.4) is 0 Å². The van der Waals surface area contributed by atoms with E-state index < -0.39 is 11.4 Å². The normalized spacial score (nSPS) is 19.8. The van der Waals surface area contributed by atoms with Gasteiger partial charge in [0.25, 0.3) is 0 Å². The lowest BCUT2D eigenvalue weighted by molar-refractivity contribution is -0.124. The highest BCUT2D eigenvalue weighted by molar-refractivity contribution is 7.15. The first kappa shape index (κ1) is 25.1. The van der Waals surface area contributed by atoms with Crippen molar-refractivity contribution in [2.75, 3.05) is 40.0 Å². The van der Waals surface area contributed by atoms with Crippen LogP contribution >= 0.6 is 11.3 Å². The van der Waals surface area contributed by atoms with Crippen LogP contribution in [0.15, 0.2) is 29.2 Å². The fourth-order valence-corrected chi connectivity index (χ4v) is 6.94. The molecule has 1 aliphatic heterocycles. The number of carboxylic acids is 1. The highest BCUT2D eigenvalue weighted by atomic mass is 32.1. The first-order valence-electron chi connectivity index (χ1n) is 13.2. The van der Waals surface area contributed by atoms with Crippen LogP contribution in [0, 0.1) is 0 Å². The van der Waals surface area contributed by atoms with Crippen molar-refractivity contribution < 1.29 is 24.2 Å². The number of nitrogens with one attached hydrogen (secondary N) is 1. The van der Waals surface area contributed by atoms with Gasteiger partial charge >= 0.3 is 5.97 Å². The van der Waals surface area contributed by atoms with Crippen LogP contribution < -0.4 is 15.5 Å². The lowest BCUT2D eigenvalue weighted by atomic mass is 9.93. The third kappa shape index (κ3) is 4.61. The SMILES string of the molecule is COc1c(-c2cc3c(s2)CCCC3NC(=O)CN2CCOCC2)ccc2c(=O)c(C(=O)O)cn(C3CC3)c12. The van der Waals surface area contributed by atoms with Crippen molar-refractivity contribution in [3.05, 3.63) is 50.6 Å². The Morgan fingerprint density at radius 2 is 2.00 bits per heavy atom. The summed E-state index contributed by atoms with van der Waals surface area (Å²) >= 11 is 1.70. The fourth-order valence-electron chi connectivity index (χ4n) is 5.65. The Hall–Kier alpha value is -3.21. The molecule has 0 spiro atoms. The lowest BCUT2D eigenvalue weighted by Gasteiger charge is -2.28. The number of ether oxygens (including phenoxy) is 2. The number of rotatable bonds is 7. The molecule has 9 nitrogen and oxygen atoms in total. The molecule has 1 unspecified atom stereocenters. The Balaban J connectivity index is 1.36. The standard InChI is InChI=1S/C28H31N3O6S/c1-36-27-17(7-8-18-25(27)31(16-5-6-16)14-20(26(18)33)28(34)35)23-13-19-21(3-2-4-22(19)38-23)29-24(32)15-30-9-11-37-12-10-30/h7-8,13-14,16,21H,2-6,9-12,15H2,1H3,(H,29,32)(H,34,35). The number of carboxylic acid groups (broad SMARTS) is 1. The zero-order valence-corrected chi connectivity index (χ0v) is 22.1. The van der Waals surface area contributed by atoms with E-state index in [4.69, 9.17) is 9.47 Å². The van der Waals surface area contributed by atoms with Gasteiger partial charge in [0.15, 0.2) is 5.75 Å². The Morgan fingerprint density at radius 3 is 2.71 bits per heavy atom. The van der Waals surface area contributed by atoms with Crippen LogP contribution in [-0.4, -0.2) is 66.4 Å². The first-order chi connectivity index (χ1) is 18.4. The summed E-state index contributed by atoms with van der Waals surface area (Å²) in [5.74, 6) is -0.611. The third-order valence-electron chi connectivity index (χ3n) is 7.71. The number of hydrogen-bond acceptors (Lipinski definition) is 7. The van der Waals surface area contributed by atoms with Crippen LogP contribution in [0.4, 0.5) is 0 Å². The molecule has 1 amide bonds. The van der Waals surface area contributed by atoms with E-state index in [0.717, 1.165) is 61.2 Å². The van der Waals surface area contributed by atoms with Gasteiger partial charge in [-0.05, 0) is 55.9 Å². The maximum Gasteiger partial charge on any atom is 0.341 e. The minimum absolute atomic E-state index is 0.0310. The molecule has 38 heavy (non-hydrogen) atoms. The summed E-state index contributed by atoms with van der Waals surface area (Å²) in [6, 6.07) is 5.85. The smallest absolute Gasteiger partial charge is 0.341 e. The summed E-state index contributed by atoms with van der Waals surface area (Å²) < 4.78 is 13.2. The maximum absolute atomic E-state index is 13.0. The van der Waals surface area contributed by atoms with Gasteiger partial charge in [-0.1, -0.05) is 0 Å². The van der Waals surface area contributed by atoms with Crippen LogP contribution in [0.25, 0.3) is 21.3 Å². The molecule has 1 saturated heterocycles. The van der Waals surface area contributed by atoms with Crippen molar-refractivity contribution in [3.8, 4) is 16.2 Å². The third-order valence-corrected chi connectivity index (χ3v) is 8.95. The van der Waals surface area contributed by atoms with Gasteiger partial charge in [-0.3, -0.25) is 14.5 Å². The highest BCUT2D eigenvalue weighted by Gasteiger charge is 2.30. The first-order valence-corrected chi connectivity index (χ1v) is 14.0. The minimum atomic E-state index is -1.22. The van der Waals surface area contributed by atoms with E-state index in [1.165, 1.54) is 11.1 Å². The Kier molecular flexibility index (Phi) is 6.71. The Morgan fingerprint density at radius 1 is 1.21 bits per heavy atom. The number of benzene rings is 1. The number of aromatic carboxylic acids is 1. The number of fused-ring (bicyclic) bond motifs is 2. The molecular weight excluding hydrogens is 506 g/mol. The second kappa shape index (κ2) is 10.2. The summed E-state index contributed by atoms with van der Waals surface area (Å²) in [5.41, 5.74) is 1.94. The second-order valence-electron chi connectivity index (χ2n) is 10.2. The molecule has 3 aliphatic rings. The number of thiophene rings is 1. The number of morpholine rings is 1. The van der Waals surface area contributed by atoms with Crippen LogP contribution in [-0.2, 0) is 16.0 Å². The molecule has 0 bridgehead atoms. The highest BCUT2D eigenvalue weighted by Crippen LogP contribution is 2.46. The van der Waals surface area contributed by atoms with Gasteiger partial charge in [-0.25, -0.2) is 4.79 Å². The number of carbonyl (C=O) groups excluding carboxylic acids is 1. The van der Waals surface area contributed by atoms with E-state index >= 15 is 0 Å². The van der Waals surface area contributed by atoms with Crippen molar-refractivity contribution in [1.82, 2.24) is 14.8 Å². The van der Waals surface area contributed by atoms with Crippen LogP contribution in [0.5, 0.6) is 5.75 Å². The maximum atomic E-state index is 13.0. The zero-order chi connectivity index (χ0) is 26.4. The molecule has 1 atom stereocenters. The summed E-state index contributed by atoms with van der Waals surface area (Å²) in [6.07, 6.45) is 6.19. The fraction of sp³-hybridized carbons (Fsp3) is 0.464. The van der Waals surface area contributed by atoms with Crippen LogP contribution in [0.1, 0.15) is 58.6 Å². The predicted octanol–water partition coefficient (Wildman–Crippen LogP) is 3.60. The number of aromatic nitrogens is 1. The largest absolute Gasteiger partial charge is 0.494 e. The summed E-state index contributed by atoms with van der Waals surface area (Å²) in [5, 5.41) is 13.2. The molecular formula is C28H31N3O6S. The van der Waals surface area contributed by atoms with Crippen molar-refractivity contribution in [2.45, 2.75) is 44.2 Å². The molecule has 3 aromatic rings. The van der Waals surface area contributed by atoms with Gasteiger partial charge in [0.05, 0.1) is 43.8 Å². The molecule has 3 heterocycles. The molecule has 6 rings (SSSR count). The monoisotopic (exact) mass is 537 g/mol. The molecule has 1 saturated carbocycles. The number of aryl methyl sites for hydroxylation is 1. The number of amides is 1. The van der Waals surface area contributed by atoms with Gasteiger partial charge in [-0.2, -0.15) is 0 Å². The number of pyridine rings is 1. The average molecular weight is 538 g/mol.